The number of hydrogen-bond donors (Lipinski definition) is 3. The fourth-order valence-corrected chi connectivity index (χ4v) is 3.59. The van der Waals surface area contributed by atoms with E-state index >= 15 is 0 Å². The van der Waals surface area contributed by atoms with Gasteiger partial charge < -0.3 is 16.0 Å². The topological polar surface area (TPSA) is 36.1 Å². The lowest BCUT2D eigenvalue weighted by molar-refractivity contribution is 0.340. The number of piperidine rings is 1. The first-order valence-corrected chi connectivity index (χ1v) is 9.07. The molecule has 0 unspecified atom stereocenters. The largest absolute Gasteiger partial charge is 0.317 e. The molecule has 1 aliphatic heterocycles. The normalized spacial score (nSPS) is 22.2. The summed E-state index contributed by atoms with van der Waals surface area (Å²) in [5.74, 6) is 1.89. The van der Waals surface area contributed by atoms with Gasteiger partial charge in [0, 0.05) is 0 Å². The molecule has 2 fully saturated rings. The van der Waals surface area contributed by atoms with Crippen molar-refractivity contribution in [3.05, 3.63) is 0 Å². The first-order valence-electron chi connectivity index (χ1n) is 9.07. The van der Waals surface area contributed by atoms with Crippen LogP contribution in [0.5, 0.6) is 0 Å². The summed E-state index contributed by atoms with van der Waals surface area (Å²) in [6, 6.07) is 0. The molecule has 1 saturated carbocycles. The zero-order valence-corrected chi connectivity index (χ0v) is 13.3. The predicted octanol–water partition coefficient (Wildman–Crippen LogP) is 2.53. The molecule has 0 amide bonds. The summed E-state index contributed by atoms with van der Waals surface area (Å²) in [6.07, 6.45) is 12.7. The van der Waals surface area contributed by atoms with Crippen molar-refractivity contribution in [3.63, 3.8) is 0 Å². The number of rotatable bonds is 9. The lowest BCUT2D eigenvalue weighted by atomic mass is 9.89. The maximum Gasteiger partial charge on any atom is -0.00196 e. The molecule has 3 N–H and O–H groups in total. The van der Waals surface area contributed by atoms with Crippen molar-refractivity contribution in [3.8, 4) is 0 Å². The molecule has 0 aromatic rings. The molecule has 2 rings (SSSR count). The van der Waals surface area contributed by atoms with Crippen LogP contribution in [0.15, 0.2) is 0 Å². The van der Waals surface area contributed by atoms with Crippen LogP contribution in [0.1, 0.15) is 57.8 Å². The van der Waals surface area contributed by atoms with E-state index in [1.165, 1.54) is 97.1 Å². The predicted molar refractivity (Wildman–Crippen MR) is 87.1 cm³/mol. The lowest BCUT2D eigenvalue weighted by Crippen LogP contribution is -2.34. The van der Waals surface area contributed by atoms with E-state index in [4.69, 9.17) is 0 Å². The van der Waals surface area contributed by atoms with Crippen LogP contribution < -0.4 is 16.0 Å². The van der Waals surface area contributed by atoms with Gasteiger partial charge in [-0.05, 0) is 89.6 Å². The first kappa shape index (κ1) is 16.3. The van der Waals surface area contributed by atoms with E-state index in [1.54, 1.807) is 0 Å². The van der Waals surface area contributed by atoms with Crippen LogP contribution in [0, 0.1) is 11.8 Å². The van der Waals surface area contributed by atoms with Crippen molar-refractivity contribution in [2.75, 3.05) is 39.3 Å². The highest BCUT2D eigenvalue weighted by Gasteiger charge is 2.12. The van der Waals surface area contributed by atoms with Gasteiger partial charge in [0.2, 0.25) is 0 Å². The fourth-order valence-electron chi connectivity index (χ4n) is 3.59. The third-order valence-corrected chi connectivity index (χ3v) is 5.01. The first-order chi connectivity index (χ1) is 9.95. The van der Waals surface area contributed by atoms with Crippen LogP contribution in [0.4, 0.5) is 0 Å². The number of unbranched alkanes of at least 4 members (excludes halogenated alkanes) is 1. The van der Waals surface area contributed by atoms with Gasteiger partial charge in [0.15, 0.2) is 0 Å². The monoisotopic (exact) mass is 281 g/mol. The highest BCUT2D eigenvalue weighted by molar-refractivity contribution is 4.70. The smallest absolute Gasteiger partial charge is 0.00196 e. The minimum absolute atomic E-state index is 0.917. The van der Waals surface area contributed by atoms with Gasteiger partial charge in [0.05, 0.1) is 0 Å². The van der Waals surface area contributed by atoms with Crippen LogP contribution in [-0.2, 0) is 0 Å². The third-order valence-electron chi connectivity index (χ3n) is 5.01. The molecular weight excluding hydrogens is 246 g/mol. The summed E-state index contributed by atoms with van der Waals surface area (Å²) < 4.78 is 0. The van der Waals surface area contributed by atoms with Crippen LogP contribution in [0.3, 0.4) is 0 Å². The van der Waals surface area contributed by atoms with E-state index in [0.717, 1.165) is 11.8 Å². The fraction of sp³-hybridized carbons (Fsp3) is 1.00. The Kier molecular flexibility index (Phi) is 8.60. The second-order valence-corrected chi connectivity index (χ2v) is 6.81. The minimum Gasteiger partial charge on any atom is -0.317 e. The van der Waals surface area contributed by atoms with E-state index in [-0.39, 0.29) is 0 Å². The second kappa shape index (κ2) is 10.6. The van der Waals surface area contributed by atoms with Crippen LogP contribution in [-0.4, -0.2) is 39.3 Å². The van der Waals surface area contributed by atoms with Crippen LogP contribution in [0.2, 0.25) is 0 Å². The molecule has 1 heterocycles. The van der Waals surface area contributed by atoms with Gasteiger partial charge in [-0.1, -0.05) is 19.3 Å². The molecule has 0 radical (unpaired) electrons. The Morgan fingerprint density at radius 2 is 1.25 bits per heavy atom. The standard InChI is InChI=1S/C17H35N3/c1-2-6-16(7-3-1)14-19-10-4-5-11-20-15-17-8-12-18-13-9-17/h16-20H,1-15H2. The summed E-state index contributed by atoms with van der Waals surface area (Å²) in [7, 11) is 0. The van der Waals surface area contributed by atoms with Gasteiger partial charge in [-0.25, -0.2) is 0 Å². The summed E-state index contributed by atoms with van der Waals surface area (Å²) >= 11 is 0. The molecular formula is C17H35N3. The SMILES string of the molecule is C1CCC(CNCCCCNCC2CCNCC2)CC1. The molecule has 0 aromatic heterocycles. The summed E-state index contributed by atoms with van der Waals surface area (Å²) in [4.78, 5) is 0. The Bertz CT molecular complexity index is 196. The molecule has 0 bridgehead atoms. The highest BCUT2D eigenvalue weighted by atomic mass is 14.9. The third kappa shape index (κ3) is 7.05. The molecule has 0 aromatic carbocycles. The molecule has 2 aliphatic rings. The van der Waals surface area contributed by atoms with E-state index in [2.05, 4.69) is 16.0 Å². The minimum atomic E-state index is 0.917. The molecule has 1 saturated heterocycles. The molecule has 20 heavy (non-hydrogen) atoms. The van der Waals surface area contributed by atoms with Gasteiger partial charge in [-0.2, -0.15) is 0 Å². The van der Waals surface area contributed by atoms with Crippen molar-refractivity contribution in [2.24, 2.45) is 11.8 Å². The Morgan fingerprint density at radius 1 is 0.700 bits per heavy atom. The molecule has 3 heteroatoms. The van der Waals surface area contributed by atoms with Gasteiger partial charge >= 0.3 is 0 Å². The molecule has 3 nitrogen and oxygen atoms in total. The quantitative estimate of drug-likeness (QED) is 0.568. The second-order valence-electron chi connectivity index (χ2n) is 6.81. The average molecular weight is 281 g/mol. The van der Waals surface area contributed by atoms with Gasteiger partial charge in [-0.15, -0.1) is 0 Å². The highest BCUT2D eigenvalue weighted by Crippen LogP contribution is 2.22. The Morgan fingerprint density at radius 3 is 1.85 bits per heavy atom. The Balaban J connectivity index is 1.33. The number of nitrogens with one attached hydrogen (secondary N) is 3. The van der Waals surface area contributed by atoms with Crippen molar-refractivity contribution >= 4 is 0 Å². The Labute approximate surface area is 125 Å². The lowest BCUT2D eigenvalue weighted by Gasteiger charge is -2.23. The van der Waals surface area contributed by atoms with Crippen LogP contribution in [0.25, 0.3) is 0 Å². The summed E-state index contributed by atoms with van der Waals surface area (Å²) in [5.41, 5.74) is 0. The number of hydrogen-bond acceptors (Lipinski definition) is 3. The molecule has 118 valence electrons. The van der Waals surface area contributed by atoms with E-state index < -0.39 is 0 Å². The molecule has 0 spiro atoms. The maximum atomic E-state index is 3.66. The van der Waals surface area contributed by atoms with Crippen molar-refractivity contribution in [1.29, 1.82) is 0 Å². The zero-order chi connectivity index (χ0) is 13.9. The van der Waals surface area contributed by atoms with E-state index in [0.29, 0.717) is 0 Å². The zero-order valence-electron chi connectivity index (χ0n) is 13.3. The van der Waals surface area contributed by atoms with Gasteiger partial charge in [0.25, 0.3) is 0 Å². The Hall–Kier alpha value is -0.120. The average Bonchev–Trinajstić information content (AvgIpc) is 2.52. The van der Waals surface area contributed by atoms with Gasteiger partial charge in [-0.3, -0.25) is 0 Å². The molecule has 0 atom stereocenters. The van der Waals surface area contributed by atoms with Gasteiger partial charge in [0.1, 0.15) is 0 Å². The maximum absolute atomic E-state index is 3.66. The van der Waals surface area contributed by atoms with Crippen molar-refractivity contribution < 1.29 is 0 Å². The van der Waals surface area contributed by atoms with E-state index in [9.17, 15) is 0 Å². The van der Waals surface area contributed by atoms with Crippen LogP contribution >= 0.6 is 0 Å². The van der Waals surface area contributed by atoms with Crippen molar-refractivity contribution in [2.45, 2.75) is 57.8 Å². The van der Waals surface area contributed by atoms with Crippen molar-refractivity contribution in [1.82, 2.24) is 16.0 Å². The van der Waals surface area contributed by atoms with E-state index in [1.807, 2.05) is 0 Å². The molecule has 1 aliphatic carbocycles. The summed E-state index contributed by atoms with van der Waals surface area (Å²) in [5, 5.41) is 10.7. The summed E-state index contributed by atoms with van der Waals surface area (Å²) in [6.45, 7) is 7.36.